The van der Waals surface area contributed by atoms with Gasteiger partial charge in [0.05, 0.1) is 12.8 Å². The van der Waals surface area contributed by atoms with Crippen molar-refractivity contribution < 1.29 is 4.74 Å². The van der Waals surface area contributed by atoms with Crippen LogP contribution in [0.2, 0.25) is 0 Å². The molecule has 15 heavy (non-hydrogen) atoms. The molecular formula is C10H20N4O. The highest BCUT2D eigenvalue weighted by Gasteiger charge is 2.00. The molecule has 0 saturated carbocycles. The van der Waals surface area contributed by atoms with E-state index in [2.05, 4.69) is 27.8 Å². The van der Waals surface area contributed by atoms with Gasteiger partial charge in [-0.05, 0) is 6.92 Å². The monoisotopic (exact) mass is 212 g/mol. The number of rotatable bonds is 8. The van der Waals surface area contributed by atoms with E-state index in [1.54, 1.807) is 7.11 Å². The Morgan fingerprint density at radius 3 is 3.13 bits per heavy atom. The molecule has 1 aromatic rings. The average Bonchev–Trinajstić information content (AvgIpc) is 2.74. The second kappa shape index (κ2) is 7.39. The Balaban J connectivity index is 2.01. The summed E-state index contributed by atoms with van der Waals surface area (Å²) in [6.07, 6.45) is 3.73. The third-order valence-electron chi connectivity index (χ3n) is 2.14. The quantitative estimate of drug-likeness (QED) is 0.536. The van der Waals surface area contributed by atoms with Crippen molar-refractivity contribution in [3.63, 3.8) is 0 Å². The summed E-state index contributed by atoms with van der Waals surface area (Å²) in [6.45, 7) is 5.60. The topological polar surface area (TPSA) is 62.0 Å². The van der Waals surface area contributed by atoms with Gasteiger partial charge in [-0.15, -0.1) is 0 Å². The number of nitrogens with zero attached hydrogens (tertiary/aromatic N) is 1. The van der Waals surface area contributed by atoms with Gasteiger partial charge in [0, 0.05) is 44.5 Å². The van der Waals surface area contributed by atoms with E-state index < -0.39 is 0 Å². The van der Waals surface area contributed by atoms with Crippen molar-refractivity contribution in [3.8, 4) is 0 Å². The van der Waals surface area contributed by atoms with E-state index >= 15 is 0 Å². The third-order valence-corrected chi connectivity index (χ3v) is 2.14. The molecule has 0 bridgehead atoms. The number of ether oxygens (including phenoxy) is 1. The van der Waals surface area contributed by atoms with Crippen LogP contribution in [0.3, 0.4) is 0 Å². The molecule has 1 atom stereocenters. The van der Waals surface area contributed by atoms with E-state index in [1.165, 1.54) is 5.56 Å². The minimum atomic E-state index is 0.441. The molecule has 86 valence electrons. The fourth-order valence-electron chi connectivity index (χ4n) is 1.23. The van der Waals surface area contributed by atoms with Crippen molar-refractivity contribution in [1.82, 2.24) is 20.8 Å². The molecule has 0 aromatic carbocycles. The first-order chi connectivity index (χ1) is 7.33. The number of H-pyrrole nitrogens is 1. The summed E-state index contributed by atoms with van der Waals surface area (Å²) in [5, 5.41) is 13.4. The van der Waals surface area contributed by atoms with Crippen LogP contribution in [-0.2, 0) is 11.3 Å². The zero-order valence-electron chi connectivity index (χ0n) is 9.42. The first-order valence-corrected chi connectivity index (χ1v) is 5.23. The lowest BCUT2D eigenvalue weighted by Crippen LogP contribution is -2.37. The second-order valence-corrected chi connectivity index (χ2v) is 3.59. The summed E-state index contributed by atoms with van der Waals surface area (Å²) >= 11 is 0. The molecule has 1 heterocycles. The van der Waals surface area contributed by atoms with Gasteiger partial charge >= 0.3 is 0 Å². The summed E-state index contributed by atoms with van der Waals surface area (Å²) in [5.74, 6) is 0. The van der Waals surface area contributed by atoms with Crippen LogP contribution in [0.1, 0.15) is 12.5 Å². The Hall–Kier alpha value is -0.910. The molecule has 5 heteroatoms. The molecule has 0 aliphatic carbocycles. The lowest BCUT2D eigenvalue weighted by atomic mass is 10.3. The van der Waals surface area contributed by atoms with Crippen LogP contribution in [0.15, 0.2) is 12.4 Å². The van der Waals surface area contributed by atoms with E-state index in [9.17, 15) is 0 Å². The number of methoxy groups -OCH3 is 1. The number of aromatic amines is 1. The zero-order valence-corrected chi connectivity index (χ0v) is 9.42. The lowest BCUT2D eigenvalue weighted by molar-refractivity contribution is 0.198. The highest BCUT2D eigenvalue weighted by molar-refractivity contribution is 5.01. The normalized spacial score (nSPS) is 12.9. The molecule has 3 N–H and O–H groups in total. The molecule has 0 aliphatic rings. The van der Waals surface area contributed by atoms with Crippen molar-refractivity contribution in [1.29, 1.82) is 0 Å². The Morgan fingerprint density at radius 1 is 1.60 bits per heavy atom. The number of hydrogen-bond donors (Lipinski definition) is 3. The van der Waals surface area contributed by atoms with Gasteiger partial charge in [-0.25, -0.2) is 0 Å². The van der Waals surface area contributed by atoms with Gasteiger partial charge in [-0.1, -0.05) is 0 Å². The highest BCUT2D eigenvalue weighted by Crippen LogP contribution is 1.93. The van der Waals surface area contributed by atoms with Gasteiger partial charge < -0.3 is 15.4 Å². The molecule has 0 amide bonds. The third kappa shape index (κ3) is 5.51. The standard InChI is InChI=1S/C10H20N4O/c1-9(5-11-3-4-15-2)12-6-10-7-13-14-8-10/h7-9,11-12H,3-6H2,1-2H3,(H,13,14). The molecule has 1 unspecified atom stereocenters. The molecule has 0 spiro atoms. The molecule has 0 saturated heterocycles. The summed E-state index contributed by atoms with van der Waals surface area (Å²) < 4.78 is 4.95. The van der Waals surface area contributed by atoms with E-state index in [0.29, 0.717) is 6.04 Å². The van der Waals surface area contributed by atoms with Gasteiger partial charge in [-0.2, -0.15) is 5.10 Å². The predicted octanol–water partition coefficient (Wildman–Crippen LogP) is 0.124. The van der Waals surface area contributed by atoms with Gasteiger partial charge in [0.2, 0.25) is 0 Å². The molecule has 0 aliphatic heterocycles. The Bertz CT molecular complexity index is 238. The van der Waals surface area contributed by atoms with Crippen molar-refractivity contribution in [2.24, 2.45) is 0 Å². The molecule has 1 rings (SSSR count). The average molecular weight is 212 g/mol. The Labute approximate surface area is 90.6 Å². The van der Waals surface area contributed by atoms with Crippen molar-refractivity contribution in [3.05, 3.63) is 18.0 Å². The number of aromatic nitrogens is 2. The Morgan fingerprint density at radius 2 is 2.47 bits per heavy atom. The summed E-state index contributed by atoms with van der Waals surface area (Å²) in [6, 6.07) is 0.441. The SMILES string of the molecule is COCCNCC(C)NCc1cn[nH]c1. The summed E-state index contributed by atoms with van der Waals surface area (Å²) in [5.41, 5.74) is 1.18. The largest absolute Gasteiger partial charge is 0.383 e. The van der Waals surface area contributed by atoms with Crippen molar-refractivity contribution in [2.45, 2.75) is 19.5 Å². The van der Waals surface area contributed by atoms with Crippen LogP contribution in [0.4, 0.5) is 0 Å². The first-order valence-electron chi connectivity index (χ1n) is 5.23. The van der Waals surface area contributed by atoms with E-state index in [-0.39, 0.29) is 0 Å². The van der Waals surface area contributed by atoms with Gasteiger partial charge in [0.25, 0.3) is 0 Å². The number of nitrogens with one attached hydrogen (secondary N) is 3. The van der Waals surface area contributed by atoms with Crippen LogP contribution in [-0.4, -0.2) is 43.0 Å². The van der Waals surface area contributed by atoms with Crippen molar-refractivity contribution in [2.75, 3.05) is 26.8 Å². The van der Waals surface area contributed by atoms with Gasteiger partial charge in [-0.3, -0.25) is 5.10 Å². The maximum absolute atomic E-state index is 4.95. The summed E-state index contributed by atoms with van der Waals surface area (Å²) in [7, 11) is 1.71. The van der Waals surface area contributed by atoms with Crippen LogP contribution in [0.25, 0.3) is 0 Å². The van der Waals surface area contributed by atoms with Gasteiger partial charge in [0.1, 0.15) is 0 Å². The van der Waals surface area contributed by atoms with E-state index in [4.69, 9.17) is 4.74 Å². The molecule has 1 aromatic heterocycles. The molecule has 0 fully saturated rings. The fourth-order valence-corrected chi connectivity index (χ4v) is 1.23. The second-order valence-electron chi connectivity index (χ2n) is 3.59. The maximum Gasteiger partial charge on any atom is 0.0587 e. The van der Waals surface area contributed by atoms with Crippen LogP contribution < -0.4 is 10.6 Å². The molecular weight excluding hydrogens is 192 g/mol. The minimum Gasteiger partial charge on any atom is -0.383 e. The van der Waals surface area contributed by atoms with Crippen LogP contribution in [0, 0.1) is 0 Å². The zero-order chi connectivity index (χ0) is 10.9. The lowest BCUT2D eigenvalue weighted by Gasteiger charge is -2.13. The molecule has 5 nitrogen and oxygen atoms in total. The van der Waals surface area contributed by atoms with E-state index in [0.717, 1.165) is 26.2 Å². The molecule has 0 radical (unpaired) electrons. The van der Waals surface area contributed by atoms with Crippen LogP contribution >= 0.6 is 0 Å². The van der Waals surface area contributed by atoms with Gasteiger partial charge in [0.15, 0.2) is 0 Å². The highest BCUT2D eigenvalue weighted by atomic mass is 16.5. The smallest absolute Gasteiger partial charge is 0.0587 e. The predicted molar refractivity (Wildman–Crippen MR) is 59.6 cm³/mol. The van der Waals surface area contributed by atoms with E-state index in [1.807, 2.05) is 12.4 Å². The first kappa shape index (κ1) is 12.2. The van der Waals surface area contributed by atoms with Crippen LogP contribution in [0.5, 0.6) is 0 Å². The minimum absolute atomic E-state index is 0.441. The number of hydrogen-bond acceptors (Lipinski definition) is 4. The fraction of sp³-hybridized carbons (Fsp3) is 0.700. The summed E-state index contributed by atoms with van der Waals surface area (Å²) in [4.78, 5) is 0. The maximum atomic E-state index is 4.95. The Kier molecular flexibility index (Phi) is 5.99. The van der Waals surface area contributed by atoms with Crippen molar-refractivity contribution >= 4 is 0 Å².